The van der Waals surface area contributed by atoms with Gasteiger partial charge in [-0.15, -0.1) is 23.7 Å². The van der Waals surface area contributed by atoms with E-state index in [2.05, 4.69) is 29.7 Å². The van der Waals surface area contributed by atoms with Gasteiger partial charge in [0.1, 0.15) is 5.60 Å². The predicted octanol–water partition coefficient (Wildman–Crippen LogP) is 1.86. The molecule has 0 aromatic carbocycles. The third-order valence-electron chi connectivity index (χ3n) is 3.43. The van der Waals surface area contributed by atoms with Gasteiger partial charge in [-0.1, -0.05) is 0 Å². The lowest BCUT2D eigenvalue weighted by Crippen LogP contribution is -2.53. The number of piperidine rings is 1. The fourth-order valence-electron chi connectivity index (χ4n) is 2.26. The minimum Gasteiger partial charge on any atom is -0.368 e. The Hall–Kier alpha value is -0.620. The minimum atomic E-state index is -0.641. The highest BCUT2D eigenvalue weighted by atomic mass is 35.5. The lowest BCUT2D eigenvalue weighted by molar-refractivity contribution is -0.146. The quantitative estimate of drug-likeness (QED) is 0.893. The van der Waals surface area contributed by atoms with E-state index in [-0.39, 0.29) is 18.3 Å². The summed E-state index contributed by atoms with van der Waals surface area (Å²) < 4.78 is 5.49. The van der Waals surface area contributed by atoms with Crippen LogP contribution in [0.4, 0.5) is 0 Å². The molecule has 1 saturated heterocycles. The van der Waals surface area contributed by atoms with Crippen LogP contribution in [0, 0.1) is 6.92 Å². The Bertz CT molecular complexity index is 417. The molecule has 108 valence electrons. The van der Waals surface area contributed by atoms with Crippen molar-refractivity contribution in [2.75, 3.05) is 20.2 Å². The maximum absolute atomic E-state index is 12.3. The fraction of sp³-hybridized carbons (Fsp3) is 0.615. The van der Waals surface area contributed by atoms with Crippen molar-refractivity contribution in [2.45, 2.75) is 31.9 Å². The fourth-order valence-corrected chi connectivity index (χ4v) is 3.09. The van der Waals surface area contributed by atoms with Crippen molar-refractivity contribution in [2.24, 2.45) is 0 Å². The van der Waals surface area contributed by atoms with E-state index < -0.39 is 5.60 Å². The molecular formula is C13H21ClN2O2S. The molecule has 1 aromatic rings. The van der Waals surface area contributed by atoms with Gasteiger partial charge in [-0.2, -0.15) is 0 Å². The highest BCUT2D eigenvalue weighted by molar-refractivity contribution is 7.11. The average Bonchev–Trinajstić information content (AvgIpc) is 2.82. The molecule has 1 aliphatic heterocycles. The molecule has 1 amide bonds. The Morgan fingerprint density at radius 1 is 1.47 bits per heavy atom. The van der Waals surface area contributed by atoms with Crippen LogP contribution in [-0.4, -0.2) is 31.7 Å². The summed E-state index contributed by atoms with van der Waals surface area (Å²) in [7, 11) is 1.63. The van der Waals surface area contributed by atoms with Crippen LogP contribution in [0.1, 0.15) is 22.6 Å². The molecule has 19 heavy (non-hydrogen) atoms. The van der Waals surface area contributed by atoms with E-state index in [4.69, 9.17) is 4.74 Å². The molecule has 0 saturated carbocycles. The lowest BCUT2D eigenvalue weighted by atomic mass is 9.91. The SMILES string of the molecule is COC1(C(=O)NCc2ccc(C)s2)CCNCC1.Cl. The first-order valence-corrected chi connectivity index (χ1v) is 7.07. The molecule has 0 radical (unpaired) electrons. The van der Waals surface area contributed by atoms with Gasteiger partial charge in [0.05, 0.1) is 6.54 Å². The summed E-state index contributed by atoms with van der Waals surface area (Å²) in [6.07, 6.45) is 1.47. The lowest BCUT2D eigenvalue weighted by Gasteiger charge is -2.34. The van der Waals surface area contributed by atoms with E-state index in [1.807, 2.05) is 0 Å². The molecule has 4 nitrogen and oxygen atoms in total. The normalized spacial score (nSPS) is 17.6. The largest absolute Gasteiger partial charge is 0.368 e. The highest BCUT2D eigenvalue weighted by Crippen LogP contribution is 2.23. The number of ether oxygens (including phenoxy) is 1. The molecule has 0 atom stereocenters. The van der Waals surface area contributed by atoms with E-state index in [9.17, 15) is 4.79 Å². The number of amides is 1. The third-order valence-corrected chi connectivity index (χ3v) is 4.44. The van der Waals surface area contributed by atoms with E-state index in [1.165, 1.54) is 9.75 Å². The average molecular weight is 305 g/mol. The van der Waals surface area contributed by atoms with Gasteiger partial charge in [0.2, 0.25) is 0 Å². The molecule has 6 heteroatoms. The predicted molar refractivity (Wildman–Crippen MR) is 80.0 cm³/mol. The highest BCUT2D eigenvalue weighted by Gasteiger charge is 2.39. The Kier molecular flexibility index (Phi) is 6.26. The molecule has 1 aliphatic rings. The smallest absolute Gasteiger partial charge is 0.252 e. The zero-order valence-electron chi connectivity index (χ0n) is 11.3. The monoisotopic (exact) mass is 304 g/mol. The number of carbonyl (C=O) groups is 1. The van der Waals surface area contributed by atoms with E-state index in [0.29, 0.717) is 6.54 Å². The summed E-state index contributed by atoms with van der Waals surface area (Å²) in [5, 5.41) is 6.24. The van der Waals surface area contributed by atoms with Crippen LogP contribution in [0.15, 0.2) is 12.1 Å². The van der Waals surface area contributed by atoms with Crippen molar-refractivity contribution in [1.82, 2.24) is 10.6 Å². The molecule has 1 aromatic heterocycles. The number of hydrogen-bond donors (Lipinski definition) is 2. The second-order valence-electron chi connectivity index (χ2n) is 4.64. The summed E-state index contributed by atoms with van der Waals surface area (Å²) in [6.45, 7) is 4.33. The summed E-state index contributed by atoms with van der Waals surface area (Å²) in [5.41, 5.74) is -0.641. The first kappa shape index (κ1) is 16.4. The number of hydrogen-bond acceptors (Lipinski definition) is 4. The molecule has 0 bridgehead atoms. The van der Waals surface area contributed by atoms with Crippen LogP contribution in [0.5, 0.6) is 0 Å². The molecule has 0 unspecified atom stereocenters. The van der Waals surface area contributed by atoms with Gasteiger partial charge < -0.3 is 15.4 Å². The Balaban J connectivity index is 0.00000180. The van der Waals surface area contributed by atoms with E-state index in [0.717, 1.165) is 25.9 Å². The summed E-state index contributed by atoms with van der Waals surface area (Å²) in [5.74, 6) is 0.0116. The first-order valence-electron chi connectivity index (χ1n) is 6.26. The number of halogens is 1. The zero-order valence-corrected chi connectivity index (χ0v) is 13.0. The summed E-state index contributed by atoms with van der Waals surface area (Å²) >= 11 is 1.72. The van der Waals surface area contributed by atoms with E-state index >= 15 is 0 Å². The van der Waals surface area contributed by atoms with Gasteiger partial charge in [0.25, 0.3) is 5.91 Å². The molecule has 2 N–H and O–H groups in total. The van der Waals surface area contributed by atoms with Crippen LogP contribution in [-0.2, 0) is 16.1 Å². The van der Waals surface area contributed by atoms with Crippen molar-refractivity contribution in [3.63, 3.8) is 0 Å². The number of carbonyl (C=O) groups excluding carboxylic acids is 1. The van der Waals surface area contributed by atoms with Crippen LogP contribution in [0.3, 0.4) is 0 Å². The summed E-state index contributed by atoms with van der Waals surface area (Å²) in [4.78, 5) is 14.7. The van der Waals surface area contributed by atoms with Gasteiger partial charge in [-0.05, 0) is 45.0 Å². The Labute approximate surface area is 124 Å². The third kappa shape index (κ3) is 3.92. The van der Waals surface area contributed by atoms with Crippen LogP contribution in [0.25, 0.3) is 0 Å². The second kappa shape index (κ2) is 7.24. The molecule has 1 fully saturated rings. The maximum Gasteiger partial charge on any atom is 0.252 e. The van der Waals surface area contributed by atoms with Gasteiger partial charge in [-0.25, -0.2) is 0 Å². The standard InChI is InChI=1S/C13H20N2O2S.ClH/c1-10-3-4-11(18-10)9-15-12(16)13(17-2)5-7-14-8-6-13;/h3-4,14H,5-9H2,1-2H3,(H,15,16);1H. The number of methoxy groups -OCH3 is 1. The Morgan fingerprint density at radius 2 is 2.16 bits per heavy atom. The summed E-state index contributed by atoms with van der Waals surface area (Å²) in [6, 6.07) is 4.13. The topological polar surface area (TPSA) is 50.4 Å². The molecular weight excluding hydrogens is 284 g/mol. The zero-order chi connectivity index (χ0) is 13.0. The van der Waals surface area contributed by atoms with Crippen LogP contribution < -0.4 is 10.6 Å². The van der Waals surface area contributed by atoms with Crippen molar-refractivity contribution >= 4 is 29.7 Å². The molecule has 0 aliphatic carbocycles. The van der Waals surface area contributed by atoms with Crippen molar-refractivity contribution in [3.05, 3.63) is 21.9 Å². The van der Waals surface area contributed by atoms with E-state index in [1.54, 1.807) is 18.4 Å². The van der Waals surface area contributed by atoms with Crippen molar-refractivity contribution in [3.8, 4) is 0 Å². The molecule has 2 heterocycles. The van der Waals surface area contributed by atoms with Gasteiger partial charge in [-0.3, -0.25) is 4.79 Å². The van der Waals surface area contributed by atoms with Crippen LogP contribution in [0.2, 0.25) is 0 Å². The first-order chi connectivity index (χ1) is 8.66. The van der Waals surface area contributed by atoms with Crippen molar-refractivity contribution < 1.29 is 9.53 Å². The van der Waals surface area contributed by atoms with Gasteiger partial charge in [0, 0.05) is 16.9 Å². The second-order valence-corrected chi connectivity index (χ2v) is 6.02. The molecule has 2 rings (SSSR count). The minimum absolute atomic E-state index is 0. The number of nitrogens with one attached hydrogen (secondary N) is 2. The maximum atomic E-state index is 12.3. The number of rotatable bonds is 4. The number of aryl methyl sites for hydroxylation is 1. The van der Waals surface area contributed by atoms with Crippen LogP contribution >= 0.6 is 23.7 Å². The number of thiophene rings is 1. The molecule has 0 spiro atoms. The van der Waals surface area contributed by atoms with Gasteiger partial charge >= 0.3 is 0 Å². The van der Waals surface area contributed by atoms with Gasteiger partial charge in [0.15, 0.2) is 0 Å². The van der Waals surface area contributed by atoms with Crippen molar-refractivity contribution in [1.29, 1.82) is 0 Å². The Morgan fingerprint density at radius 3 is 2.68 bits per heavy atom.